The summed E-state index contributed by atoms with van der Waals surface area (Å²) in [4.78, 5) is 10.2. The SMILES string of the molecule is CC(C)(OS(=O)(=O)O)C(=O)O. The molecule has 0 aromatic carbocycles. The summed E-state index contributed by atoms with van der Waals surface area (Å²) in [6.45, 7) is 2.01. The molecular weight excluding hydrogens is 176 g/mol. The summed E-state index contributed by atoms with van der Waals surface area (Å²) in [5, 5.41) is 8.30. The molecule has 6 nitrogen and oxygen atoms in total. The standard InChI is InChI=1S/C4H8O6S/c1-4(2,3(5)6)10-11(7,8)9/h1-2H3,(H,5,6)(H,7,8,9). The van der Waals surface area contributed by atoms with E-state index in [9.17, 15) is 13.2 Å². The Labute approximate surface area is 63.7 Å². The van der Waals surface area contributed by atoms with Crippen molar-refractivity contribution in [1.29, 1.82) is 0 Å². The Hall–Kier alpha value is -0.660. The molecule has 7 heteroatoms. The highest BCUT2D eigenvalue weighted by Crippen LogP contribution is 2.11. The molecule has 0 saturated heterocycles. The van der Waals surface area contributed by atoms with Crippen LogP contribution in [0.2, 0.25) is 0 Å². The fraction of sp³-hybridized carbons (Fsp3) is 0.750. The Morgan fingerprint density at radius 1 is 1.45 bits per heavy atom. The van der Waals surface area contributed by atoms with Gasteiger partial charge in [-0.2, -0.15) is 8.42 Å². The highest BCUT2D eigenvalue weighted by Gasteiger charge is 2.33. The third kappa shape index (κ3) is 3.91. The number of carbonyl (C=O) groups is 1. The molecule has 0 rings (SSSR count). The van der Waals surface area contributed by atoms with E-state index in [1.807, 2.05) is 0 Å². The van der Waals surface area contributed by atoms with Crippen LogP contribution < -0.4 is 0 Å². The summed E-state index contributed by atoms with van der Waals surface area (Å²) in [7, 11) is -4.71. The van der Waals surface area contributed by atoms with Crippen LogP contribution in [-0.4, -0.2) is 29.6 Å². The molecule has 0 aliphatic carbocycles. The van der Waals surface area contributed by atoms with Gasteiger partial charge in [-0.15, -0.1) is 0 Å². The van der Waals surface area contributed by atoms with Gasteiger partial charge in [0, 0.05) is 0 Å². The summed E-state index contributed by atoms with van der Waals surface area (Å²) in [6.07, 6.45) is 0. The summed E-state index contributed by atoms with van der Waals surface area (Å²) in [5.74, 6) is -1.48. The van der Waals surface area contributed by atoms with Crippen molar-refractivity contribution in [1.82, 2.24) is 0 Å². The average Bonchev–Trinajstić information content (AvgIpc) is 1.56. The van der Waals surface area contributed by atoms with Crippen LogP contribution in [0.1, 0.15) is 13.8 Å². The van der Waals surface area contributed by atoms with E-state index < -0.39 is 22.0 Å². The maximum atomic E-state index is 10.2. The van der Waals surface area contributed by atoms with Crippen molar-refractivity contribution in [2.75, 3.05) is 0 Å². The van der Waals surface area contributed by atoms with Crippen molar-refractivity contribution in [3.8, 4) is 0 Å². The van der Waals surface area contributed by atoms with E-state index in [0.29, 0.717) is 0 Å². The first-order valence-corrected chi connectivity index (χ1v) is 3.93. The summed E-state index contributed by atoms with van der Waals surface area (Å²) in [5.41, 5.74) is -1.94. The van der Waals surface area contributed by atoms with Gasteiger partial charge in [0.05, 0.1) is 0 Å². The van der Waals surface area contributed by atoms with E-state index in [1.165, 1.54) is 0 Å². The second kappa shape index (κ2) is 2.76. The molecule has 0 bridgehead atoms. The van der Waals surface area contributed by atoms with E-state index in [2.05, 4.69) is 4.18 Å². The largest absolute Gasteiger partial charge is 0.479 e. The smallest absolute Gasteiger partial charge is 0.398 e. The van der Waals surface area contributed by atoms with Gasteiger partial charge in [0.2, 0.25) is 0 Å². The highest BCUT2D eigenvalue weighted by atomic mass is 32.3. The second-order valence-electron chi connectivity index (χ2n) is 2.33. The van der Waals surface area contributed by atoms with Crippen molar-refractivity contribution in [3.05, 3.63) is 0 Å². The van der Waals surface area contributed by atoms with Gasteiger partial charge in [-0.25, -0.2) is 8.98 Å². The third-order valence-corrected chi connectivity index (χ3v) is 1.46. The molecule has 0 spiro atoms. The highest BCUT2D eigenvalue weighted by molar-refractivity contribution is 7.81. The van der Waals surface area contributed by atoms with Crippen molar-refractivity contribution in [3.63, 3.8) is 0 Å². The third-order valence-electron chi connectivity index (χ3n) is 0.829. The maximum Gasteiger partial charge on any atom is 0.398 e. The zero-order chi connectivity index (χ0) is 9.28. The number of hydrogen-bond acceptors (Lipinski definition) is 4. The molecule has 0 aliphatic rings. The molecule has 0 radical (unpaired) electrons. The molecular formula is C4H8O6S. The molecule has 0 unspecified atom stereocenters. The summed E-state index contributed by atoms with van der Waals surface area (Å²) >= 11 is 0. The fourth-order valence-corrected chi connectivity index (χ4v) is 0.897. The molecule has 0 aromatic rings. The molecule has 66 valence electrons. The van der Waals surface area contributed by atoms with Gasteiger partial charge < -0.3 is 5.11 Å². The van der Waals surface area contributed by atoms with Crippen LogP contribution >= 0.6 is 0 Å². The van der Waals surface area contributed by atoms with Crippen LogP contribution in [0.3, 0.4) is 0 Å². The zero-order valence-electron chi connectivity index (χ0n) is 5.94. The van der Waals surface area contributed by atoms with E-state index in [4.69, 9.17) is 9.66 Å². The van der Waals surface area contributed by atoms with Crippen molar-refractivity contribution in [2.45, 2.75) is 19.4 Å². The first kappa shape index (κ1) is 10.3. The average molecular weight is 184 g/mol. The number of hydrogen-bond donors (Lipinski definition) is 2. The molecule has 0 aliphatic heterocycles. The fourth-order valence-electron chi connectivity index (χ4n) is 0.299. The van der Waals surface area contributed by atoms with Gasteiger partial charge in [-0.05, 0) is 13.8 Å². The van der Waals surface area contributed by atoms with E-state index in [-0.39, 0.29) is 0 Å². The molecule has 0 saturated carbocycles. The zero-order valence-corrected chi connectivity index (χ0v) is 6.75. The number of carboxylic acids is 1. The van der Waals surface area contributed by atoms with Gasteiger partial charge in [-0.3, -0.25) is 4.55 Å². The molecule has 11 heavy (non-hydrogen) atoms. The lowest BCUT2D eigenvalue weighted by atomic mass is 10.1. The van der Waals surface area contributed by atoms with Crippen LogP contribution in [0.15, 0.2) is 0 Å². The predicted octanol–water partition coefficient (Wildman–Crippen LogP) is -0.331. The number of rotatable bonds is 3. The minimum absolute atomic E-state index is 1.00. The Bertz CT molecular complexity index is 250. The lowest BCUT2D eigenvalue weighted by Gasteiger charge is -2.15. The van der Waals surface area contributed by atoms with Gasteiger partial charge in [0.15, 0.2) is 5.60 Å². The van der Waals surface area contributed by atoms with Gasteiger partial charge in [0.1, 0.15) is 0 Å². The van der Waals surface area contributed by atoms with Crippen LogP contribution in [0, 0.1) is 0 Å². The summed E-state index contributed by atoms with van der Waals surface area (Å²) in [6, 6.07) is 0. The Morgan fingerprint density at radius 2 is 1.82 bits per heavy atom. The molecule has 0 fully saturated rings. The quantitative estimate of drug-likeness (QED) is 0.582. The van der Waals surface area contributed by atoms with E-state index >= 15 is 0 Å². The normalized spacial score (nSPS) is 13.0. The Morgan fingerprint density at radius 3 is 1.91 bits per heavy atom. The van der Waals surface area contributed by atoms with Crippen LogP contribution in [-0.2, 0) is 19.4 Å². The van der Waals surface area contributed by atoms with Crippen LogP contribution in [0.5, 0.6) is 0 Å². The molecule has 0 aromatic heterocycles. The number of carboxylic acid groups (broad SMARTS) is 1. The van der Waals surface area contributed by atoms with Crippen molar-refractivity contribution in [2.24, 2.45) is 0 Å². The topological polar surface area (TPSA) is 101 Å². The minimum atomic E-state index is -4.71. The maximum absolute atomic E-state index is 10.2. The second-order valence-corrected chi connectivity index (χ2v) is 3.35. The van der Waals surface area contributed by atoms with Gasteiger partial charge in [0.25, 0.3) is 0 Å². The Balaban J connectivity index is 4.51. The van der Waals surface area contributed by atoms with Crippen LogP contribution in [0.25, 0.3) is 0 Å². The first-order valence-electron chi connectivity index (χ1n) is 2.56. The molecule has 0 heterocycles. The van der Waals surface area contributed by atoms with Gasteiger partial charge in [-0.1, -0.05) is 0 Å². The molecule has 0 amide bonds. The van der Waals surface area contributed by atoms with Crippen molar-refractivity contribution < 1.29 is 27.1 Å². The first-order chi connectivity index (χ1) is 4.65. The summed E-state index contributed by atoms with van der Waals surface area (Å²) < 4.78 is 31.9. The number of aliphatic carboxylic acids is 1. The van der Waals surface area contributed by atoms with E-state index in [0.717, 1.165) is 13.8 Å². The lowest BCUT2D eigenvalue weighted by molar-refractivity contribution is -0.152. The minimum Gasteiger partial charge on any atom is -0.479 e. The van der Waals surface area contributed by atoms with Crippen LogP contribution in [0.4, 0.5) is 0 Å². The monoisotopic (exact) mass is 184 g/mol. The van der Waals surface area contributed by atoms with Crippen molar-refractivity contribution >= 4 is 16.4 Å². The van der Waals surface area contributed by atoms with Gasteiger partial charge >= 0.3 is 16.4 Å². The van der Waals surface area contributed by atoms with E-state index in [1.54, 1.807) is 0 Å². The Kier molecular flexibility index (Phi) is 2.60. The lowest BCUT2D eigenvalue weighted by Crippen LogP contribution is -2.36. The predicted molar refractivity (Wildman–Crippen MR) is 34.3 cm³/mol. The molecule has 0 atom stereocenters. The molecule has 2 N–H and O–H groups in total.